The van der Waals surface area contributed by atoms with Crippen LogP contribution >= 0.6 is 0 Å². The third-order valence-electron chi connectivity index (χ3n) is 6.61. The maximum absolute atomic E-state index is 13.1. The minimum atomic E-state index is -0.945. The molecule has 144 valence electrons. The summed E-state index contributed by atoms with van der Waals surface area (Å²) in [6.07, 6.45) is 1.81. The van der Waals surface area contributed by atoms with Gasteiger partial charge < -0.3 is 15.5 Å². The maximum atomic E-state index is 13.1. The van der Waals surface area contributed by atoms with E-state index in [1.807, 2.05) is 0 Å². The van der Waals surface area contributed by atoms with Crippen LogP contribution in [0, 0.1) is 17.3 Å². The van der Waals surface area contributed by atoms with Crippen LogP contribution in [-0.4, -0.2) is 47.7 Å². The van der Waals surface area contributed by atoms with Crippen molar-refractivity contribution in [3.63, 3.8) is 0 Å². The van der Waals surface area contributed by atoms with Gasteiger partial charge in [-0.3, -0.25) is 14.4 Å². The van der Waals surface area contributed by atoms with E-state index in [-0.39, 0.29) is 23.6 Å². The Hall–Kier alpha value is -2.21. The SMILES string of the molecule is CC(C)N1CCC(NC(=O)[C@@H]2C3C(=O)Nc4ccccc4C(=O)[C@@]32C)CC1. The number of piperidine rings is 1. The van der Waals surface area contributed by atoms with Gasteiger partial charge in [0.15, 0.2) is 5.78 Å². The highest BCUT2D eigenvalue weighted by Gasteiger charge is 2.73. The molecule has 3 aliphatic rings. The number of para-hydroxylation sites is 1. The number of fused-ring (bicyclic) bond motifs is 2. The van der Waals surface area contributed by atoms with Gasteiger partial charge in [-0.25, -0.2) is 0 Å². The summed E-state index contributed by atoms with van der Waals surface area (Å²) in [4.78, 5) is 41.1. The number of ketones is 1. The topological polar surface area (TPSA) is 78.5 Å². The Labute approximate surface area is 159 Å². The molecule has 1 aromatic rings. The quantitative estimate of drug-likeness (QED) is 0.855. The van der Waals surface area contributed by atoms with Crippen LogP contribution in [-0.2, 0) is 9.59 Å². The van der Waals surface area contributed by atoms with E-state index in [0.29, 0.717) is 17.3 Å². The van der Waals surface area contributed by atoms with Crippen LogP contribution < -0.4 is 10.6 Å². The minimum Gasteiger partial charge on any atom is -0.353 e. The summed E-state index contributed by atoms with van der Waals surface area (Å²) in [5.74, 6) is -1.68. The molecule has 2 fully saturated rings. The van der Waals surface area contributed by atoms with E-state index >= 15 is 0 Å². The van der Waals surface area contributed by atoms with Crippen LogP contribution in [0.15, 0.2) is 24.3 Å². The van der Waals surface area contributed by atoms with Crippen molar-refractivity contribution < 1.29 is 14.4 Å². The third kappa shape index (κ3) is 2.87. The number of rotatable bonds is 3. The molecule has 2 N–H and O–H groups in total. The molecule has 1 unspecified atom stereocenters. The summed E-state index contributed by atoms with van der Waals surface area (Å²) in [5.41, 5.74) is 0.0943. The third-order valence-corrected chi connectivity index (χ3v) is 6.61. The molecule has 2 aliphatic heterocycles. The van der Waals surface area contributed by atoms with Gasteiger partial charge in [-0.1, -0.05) is 19.1 Å². The number of amides is 2. The van der Waals surface area contributed by atoms with Crippen molar-refractivity contribution in [1.82, 2.24) is 10.2 Å². The Bertz CT molecular complexity index is 798. The summed E-state index contributed by atoms with van der Waals surface area (Å²) in [5, 5.41) is 5.94. The lowest BCUT2D eigenvalue weighted by atomic mass is 9.92. The fourth-order valence-electron chi connectivity index (χ4n) is 4.78. The number of carbonyl (C=O) groups is 3. The van der Waals surface area contributed by atoms with Gasteiger partial charge in [0.25, 0.3) is 0 Å². The van der Waals surface area contributed by atoms with Gasteiger partial charge >= 0.3 is 0 Å². The van der Waals surface area contributed by atoms with Crippen LogP contribution in [0.2, 0.25) is 0 Å². The summed E-state index contributed by atoms with van der Waals surface area (Å²) in [7, 11) is 0. The summed E-state index contributed by atoms with van der Waals surface area (Å²) in [6, 6.07) is 7.66. The molecule has 27 heavy (non-hydrogen) atoms. The van der Waals surface area contributed by atoms with E-state index in [1.165, 1.54) is 0 Å². The van der Waals surface area contributed by atoms with Crippen LogP contribution in [0.4, 0.5) is 5.69 Å². The Kier molecular flexibility index (Phi) is 4.34. The van der Waals surface area contributed by atoms with Crippen molar-refractivity contribution in [1.29, 1.82) is 0 Å². The number of nitrogens with zero attached hydrogens (tertiary/aromatic N) is 1. The highest BCUT2D eigenvalue weighted by atomic mass is 16.2. The van der Waals surface area contributed by atoms with Crippen LogP contribution in [0.3, 0.4) is 0 Å². The molecule has 1 aromatic carbocycles. The van der Waals surface area contributed by atoms with Crippen molar-refractivity contribution in [3.8, 4) is 0 Å². The average molecular weight is 369 g/mol. The lowest BCUT2D eigenvalue weighted by molar-refractivity contribution is -0.126. The van der Waals surface area contributed by atoms with Crippen molar-refractivity contribution >= 4 is 23.3 Å². The number of hydrogen-bond acceptors (Lipinski definition) is 4. The van der Waals surface area contributed by atoms with Gasteiger partial charge in [0, 0.05) is 30.7 Å². The first-order chi connectivity index (χ1) is 12.8. The van der Waals surface area contributed by atoms with E-state index in [1.54, 1.807) is 31.2 Å². The zero-order chi connectivity index (χ0) is 19.3. The second-order valence-electron chi connectivity index (χ2n) is 8.51. The Morgan fingerprint density at radius 3 is 2.56 bits per heavy atom. The number of benzene rings is 1. The molecule has 6 nitrogen and oxygen atoms in total. The second kappa shape index (κ2) is 6.44. The van der Waals surface area contributed by atoms with Gasteiger partial charge in [0.1, 0.15) is 0 Å². The highest BCUT2D eigenvalue weighted by molar-refractivity contribution is 6.19. The maximum Gasteiger partial charge on any atom is 0.229 e. The molecular weight excluding hydrogens is 342 g/mol. The smallest absolute Gasteiger partial charge is 0.229 e. The number of carbonyl (C=O) groups excluding carboxylic acids is 3. The molecule has 6 heteroatoms. The molecule has 3 atom stereocenters. The molecule has 1 saturated carbocycles. The van der Waals surface area contributed by atoms with Crippen molar-refractivity contribution in [2.75, 3.05) is 18.4 Å². The van der Waals surface area contributed by atoms with E-state index in [0.717, 1.165) is 25.9 Å². The van der Waals surface area contributed by atoms with Gasteiger partial charge in [-0.15, -0.1) is 0 Å². The lowest BCUT2D eigenvalue weighted by Crippen LogP contribution is -2.47. The molecule has 0 radical (unpaired) electrons. The standard InChI is InChI=1S/C21H27N3O3/c1-12(2)24-10-8-13(9-11-24)22-19(26)16-17-20(27)23-15-7-5-4-6-14(15)18(25)21(16,17)3/h4-7,12-13,16-17H,8-11H2,1-3H3,(H,22,26)(H,23,27)/t16-,17?,21+/m0/s1. The predicted octanol–water partition coefficient (Wildman–Crippen LogP) is 2.06. The van der Waals surface area contributed by atoms with Gasteiger partial charge in [0.05, 0.1) is 22.9 Å². The molecule has 0 spiro atoms. The van der Waals surface area contributed by atoms with E-state index in [9.17, 15) is 14.4 Å². The first kappa shape index (κ1) is 18.2. The zero-order valence-electron chi connectivity index (χ0n) is 16.1. The number of nitrogens with one attached hydrogen (secondary N) is 2. The van der Waals surface area contributed by atoms with Crippen molar-refractivity contribution in [2.45, 2.75) is 45.7 Å². The Balaban J connectivity index is 1.48. The minimum absolute atomic E-state index is 0.115. The first-order valence-electron chi connectivity index (χ1n) is 9.83. The fraction of sp³-hybridized carbons (Fsp3) is 0.571. The van der Waals surface area contributed by atoms with Crippen LogP contribution in [0.1, 0.15) is 44.0 Å². The fourth-order valence-corrected chi connectivity index (χ4v) is 4.78. The summed E-state index contributed by atoms with van der Waals surface area (Å²) in [6.45, 7) is 8.04. The molecule has 2 amide bonds. The zero-order valence-corrected chi connectivity index (χ0v) is 16.1. The molecular formula is C21H27N3O3. The van der Waals surface area contributed by atoms with Gasteiger partial charge in [0.2, 0.25) is 11.8 Å². The van der Waals surface area contributed by atoms with Crippen molar-refractivity contribution in [2.24, 2.45) is 17.3 Å². The van der Waals surface area contributed by atoms with E-state index in [2.05, 4.69) is 29.4 Å². The van der Waals surface area contributed by atoms with E-state index in [4.69, 9.17) is 0 Å². The molecule has 0 aromatic heterocycles. The molecule has 0 bridgehead atoms. The summed E-state index contributed by atoms with van der Waals surface area (Å²) >= 11 is 0. The Morgan fingerprint density at radius 2 is 1.89 bits per heavy atom. The van der Waals surface area contributed by atoms with Crippen LogP contribution in [0.5, 0.6) is 0 Å². The molecule has 1 aliphatic carbocycles. The second-order valence-corrected chi connectivity index (χ2v) is 8.51. The number of Topliss-reactive ketones (excluding diaryl/α,β-unsaturated/α-hetero) is 1. The molecule has 1 saturated heterocycles. The number of anilines is 1. The number of hydrogen-bond donors (Lipinski definition) is 2. The average Bonchev–Trinajstić information content (AvgIpc) is 3.30. The summed E-state index contributed by atoms with van der Waals surface area (Å²) < 4.78 is 0. The van der Waals surface area contributed by atoms with Gasteiger partial charge in [-0.2, -0.15) is 0 Å². The molecule has 2 heterocycles. The first-order valence-corrected chi connectivity index (χ1v) is 9.83. The largest absolute Gasteiger partial charge is 0.353 e. The van der Waals surface area contributed by atoms with Crippen LogP contribution in [0.25, 0.3) is 0 Å². The predicted molar refractivity (Wildman–Crippen MR) is 102 cm³/mol. The highest BCUT2D eigenvalue weighted by Crippen LogP contribution is 2.62. The molecule has 4 rings (SSSR count). The van der Waals surface area contributed by atoms with Crippen molar-refractivity contribution in [3.05, 3.63) is 29.8 Å². The normalized spacial score (nSPS) is 31.0. The Morgan fingerprint density at radius 1 is 1.22 bits per heavy atom. The van der Waals surface area contributed by atoms with Gasteiger partial charge in [-0.05, 0) is 38.8 Å². The van der Waals surface area contributed by atoms with E-state index < -0.39 is 17.3 Å². The lowest BCUT2D eigenvalue weighted by Gasteiger charge is -2.35. The number of likely N-dealkylation sites (tertiary alicyclic amines) is 1. The monoisotopic (exact) mass is 369 g/mol.